The van der Waals surface area contributed by atoms with E-state index in [0.29, 0.717) is 15.7 Å². The summed E-state index contributed by atoms with van der Waals surface area (Å²) in [6.07, 6.45) is -0.0808. The van der Waals surface area contributed by atoms with Crippen molar-refractivity contribution >= 4 is 46.8 Å². The molecule has 0 saturated carbocycles. The molecule has 7 nitrogen and oxygen atoms in total. The Balaban J connectivity index is 2.33. The summed E-state index contributed by atoms with van der Waals surface area (Å²) in [6, 6.07) is 4.23. The molecule has 9 heteroatoms. The van der Waals surface area contributed by atoms with Crippen LogP contribution in [0.5, 0.6) is 0 Å². The second-order valence-electron chi connectivity index (χ2n) is 4.75. The van der Waals surface area contributed by atoms with E-state index < -0.39 is 12.0 Å². The summed E-state index contributed by atoms with van der Waals surface area (Å²) in [7, 11) is 1.48. The average molecular weight is 362 g/mol. The third-order valence-corrected chi connectivity index (χ3v) is 3.22. The molecule has 3 N–H and O–H groups in total. The number of carbonyl (C=O) groups excluding carboxylic acids is 2. The molecule has 1 aromatic rings. The van der Waals surface area contributed by atoms with Gasteiger partial charge in [0.05, 0.1) is 6.42 Å². The summed E-state index contributed by atoms with van der Waals surface area (Å²) in [5.41, 5.74) is 0.470. The fraction of sp³-hybridized carbons (Fsp3) is 0.357. The van der Waals surface area contributed by atoms with Gasteiger partial charge in [0.1, 0.15) is 0 Å². The van der Waals surface area contributed by atoms with Gasteiger partial charge in [-0.15, -0.1) is 0 Å². The Morgan fingerprint density at radius 3 is 2.30 bits per heavy atom. The molecule has 0 atom stereocenters. The van der Waals surface area contributed by atoms with E-state index in [9.17, 15) is 14.4 Å². The van der Waals surface area contributed by atoms with Crippen LogP contribution in [0.1, 0.15) is 12.8 Å². The number of benzene rings is 1. The maximum absolute atomic E-state index is 11.8. The number of amides is 3. The van der Waals surface area contributed by atoms with Crippen molar-refractivity contribution in [2.45, 2.75) is 12.8 Å². The van der Waals surface area contributed by atoms with Crippen LogP contribution in [-0.4, -0.2) is 48.1 Å². The zero-order valence-corrected chi connectivity index (χ0v) is 13.9. The molecule has 3 amide bonds. The highest BCUT2D eigenvalue weighted by atomic mass is 35.5. The van der Waals surface area contributed by atoms with Gasteiger partial charge in [-0.2, -0.15) is 0 Å². The minimum atomic E-state index is -0.982. The van der Waals surface area contributed by atoms with Crippen LogP contribution in [0.25, 0.3) is 0 Å². The molecule has 0 unspecified atom stereocenters. The van der Waals surface area contributed by atoms with Crippen molar-refractivity contribution in [2.75, 3.05) is 25.5 Å². The van der Waals surface area contributed by atoms with Gasteiger partial charge >= 0.3 is 12.0 Å². The number of nitrogens with zero attached hydrogens (tertiary/aromatic N) is 1. The van der Waals surface area contributed by atoms with Crippen molar-refractivity contribution in [3.8, 4) is 0 Å². The van der Waals surface area contributed by atoms with Crippen LogP contribution in [0.15, 0.2) is 18.2 Å². The highest BCUT2D eigenvalue weighted by Crippen LogP contribution is 2.22. The first kappa shape index (κ1) is 19.1. The van der Waals surface area contributed by atoms with Gasteiger partial charge < -0.3 is 20.6 Å². The molecule has 0 aliphatic carbocycles. The van der Waals surface area contributed by atoms with Gasteiger partial charge in [-0.05, 0) is 18.2 Å². The van der Waals surface area contributed by atoms with Crippen LogP contribution in [0.3, 0.4) is 0 Å². The van der Waals surface area contributed by atoms with Crippen LogP contribution < -0.4 is 10.6 Å². The van der Waals surface area contributed by atoms with E-state index in [-0.39, 0.29) is 31.8 Å². The molecule has 0 saturated heterocycles. The highest BCUT2D eigenvalue weighted by Gasteiger charge is 2.10. The first-order valence-electron chi connectivity index (χ1n) is 6.74. The Kier molecular flexibility index (Phi) is 7.64. The van der Waals surface area contributed by atoms with Crippen molar-refractivity contribution in [2.24, 2.45) is 0 Å². The standard InChI is InChI=1S/C14H17Cl2N3O4/c1-19(5-3-13(21)22)14(23)17-4-2-12(20)18-11-7-9(15)6-10(16)8-11/h6-8H,2-5H2,1H3,(H,17,23)(H,18,20)(H,21,22). The Labute approximate surface area is 143 Å². The maximum Gasteiger partial charge on any atom is 0.317 e. The minimum Gasteiger partial charge on any atom is -0.481 e. The molecule has 0 fully saturated rings. The number of hydrogen-bond acceptors (Lipinski definition) is 3. The van der Waals surface area contributed by atoms with E-state index in [1.165, 1.54) is 11.9 Å². The van der Waals surface area contributed by atoms with Gasteiger partial charge in [0.2, 0.25) is 5.91 Å². The molecule has 0 bridgehead atoms. The van der Waals surface area contributed by atoms with Gasteiger partial charge in [0.25, 0.3) is 0 Å². The van der Waals surface area contributed by atoms with Gasteiger partial charge in [-0.3, -0.25) is 9.59 Å². The van der Waals surface area contributed by atoms with Crippen LogP contribution in [-0.2, 0) is 9.59 Å². The Hall–Kier alpha value is -1.99. The maximum atomic E-state index is 11.8. The Morgan fingerprint density at radius 1 is 1.13 bits per heavy atom. The number of hydrogen-bond donors (Lipinski definition) is 3. The van der Waals surface area contributed by atoms with E-state index in [4.69, 9.17) is 28.3 Å². The normalized spacial score (nSPS) is 10.0. The molecule has 1 rings (SSSR count). The van der Waals surface area contributed by atoms with Crippen LogP contribution >= 0.6 is 23.2 Å². The van der Waals surface area contributed by atoms with E-state index in [2.05, 4.69) is 10.6 Å². The van der Waals surface area contributed by atoms with E-state index >= 15 is 0 Å². The number of rotatable bonds is 7. The first-order valence-corrected chi connectivity index (χ1v) is 7.50. The van der Waals surface area contributed by atoms with Crippen molar-refractivity contribution in [1.29, 1.82) is 0 Å². The first-order chi connectivity index (χ1) is 10.8. The van der Waals surface area contributed by atoms with E-state index in [1.54, 1.807) is 18.2 Å². The number of carboxylic acid groups (broad SMARTS) is 1. The molecule has 23 heavy (non-hydrogen) atoms. The number of anilines is 1. The fourth-order valence-electron chi connectivity index (χ4n) is 1.63. The topological polar surface area (TPSA) is 98.7 Å². The van der Waals surface area contributed by atoms with Gasteiger partial charge in [-0.1, -0.05) is 23.2 Å². The molecule has 126 valence electrons. The summed E-state index contributed by atoms with van der Waals surface area (Å²) in [6.45, 7) is 0.213. The predicted octanol–water partition coefficient (Wildman–Crippen LogP) is 2.44. The van der Waals surface area contributed by atoms with Crippen molar-refractivity contribution in [1.82, 2.24) is 10.2 Å². The van der Waals surface area contributed by atoms with Crippen molar-refractivity contribution < 1.29 is 19.5 Å². The molecule has 0 aromatic heterocycles. The second-order valence-corrected chi connectivity index (χ2v) is 5.63. The quantitative estimate of drug-likeness (QED) is 0.694. The molecular weight excluding hydrogens is 345 g/mol. The van der Waals surface area contributed by atoms with Crippen LogP contribution in [0.4, 0.5) is 10.5 Å². The summed E-state index contributed by atoms with van der Waals surface area (Å²) in [5, 5.41) is 14.5. The Morgan fingerprint density at radius 2 is 1.74 bits per heavy atom. The molecule has 0 spiro atoms. The molecule has 1 aromatic carbocycles. The lowest BCUT2D eigenvalue weighted by molar-refractivity contribution is -0.137. The van der Waals surface area contributed by atoms with Gasteiger partial charge in [0.15, 0.2) is 0 Å². The number of carbonyl (C=O) groups is 3. The van der Waals surface area contributed by atoms with E-state index in [1.807, 2.05) is 0 Å². The van der Waals surface area contributed by atoms with Gasteiger partial charge in [0, 0.05) is 42.3 Å². The largest absolute Gasteiger partial charge is 0.481 e. The second kappa shape index (κ2) is 9.22. The SMILES string of the molecule is CN(CCC(=O)O)C(=O)NCCC(=O)Nc1cc(Cl)cc(Cl)c1. The smallest absolute Gasteiger partial charge is 0.317 e. The average Bonchev–Trinajstić information content (AvgIpc) is 2.43. The third-order valence-electron chi connectivity index (χ3n) is 2.78. The van der Waals surface area contributed by atoms with Crippen LogP contribution in [0, 0.1) is 0 Å². The third kappa shape index (κ3) is 7.71. The lowest BCUT2D eigenvalue weighted by Crippen LogP contribution is -2.39. The number of aliphatic carboxylic acids is 1. The molecule has 0 aliphatic heterocycles. The molecule has 0 heterocycles. The number of carboxylic acids is 1. The lowest BCUT2D eigenvalue weighted by atomic mass is 10.3. The Bertz CT molecular complexity index is 575. The molecule has 0 radical (unpaired) electrons. The highest BCUT2D eigenvalue weighted by molar-refractivity contribution is 6.35. The summed E-state index contributed by atoms with van der Waals surface area (Å²) in [5.74, 6) is -1.29. The minimum absolute atomic E-state index is 0.0582. The monoisotopic (exact) mass is 361 g/mol. The number of nitrogens with one attached hydrogen (secondary N) is 2. The zero-order chi connectivity index (χ0) is 17.4. The van der Waals surface area contributed by atoms with Crippen LogP contribution in [0.2, 0.25) is 10.0 Å². The fourth-order valence-corrected chi connectivity index (χ4v) is 2.16. The lowest BCUT2D eigenvalue weighted by Gasteiger charge is -2.16. The van der Waals surface area contributed by atoms with Crippen molar-refractivity contribution in [3.05, 3.63) is 28.2 Å². The molecule has 0 aliphatic rings. The number of urea groups is 1. The molecular formula is C14H17Cl2N3O4. The van der Waals surface area contributed by atoms with E-state index in [0.717, 1.165) is 0 Å². The van der Waals surface area contributed by atoms with Crippen molar-refractivity contribution in [3.63, 3.8) is 0 Å². The summed E-state index contributed by atoms with van der Waals surface area (Å²) >= 11 is 11.7. The van der Waals surface area contributed by atoms with Gasteiger partial charge in [-0.25, -0.2) is 4.79 Å². The summed E-state index contributed by atoms with van der Waals surface area (Å²) < 4.78 is 0. The summed E-state index contributed by atoms with van der Waals surface area (Å²) in [4.78, 5) is 35.1. The predicted molar refractivity (Wildman–Crippen MR) is 88.0 cm³/mol. The number of halogens is 2. The zero-order valence-electron chi connectivity index (χ0n) is 12.4.